The van der Waals surface area contributed by atoms with Crippen molar-refractivity contribution >= 4 is 21.4 Å². The third kappa shape index (κ3) is 2.84. The maximum absolute atomic E-state index is 13.2. The SMILES string of the molecule is COC[C@@]1(N)[C@@H](c2ccc(F)cc2)[C@@H]1S(=O)(=O)c1ccc(Cl)cc1. The highest BCUT2D eigenvalue weighted by Gasteiger charge is 2.69. The van der Waals surface area contributed by atoms with Crippen molar-refractivity contribution in [1.82, 2.24) is 0 Å². The van der Waals surface area contributed by atoms with Crippen molar-refractivity contribution in [1.29, 1.82) is 0 Å². The van der Waals surface area contributed by atoms with Crippen LogP contribution in [-0.2, 0) is 14.6 Å². The van der Waals surface area contributed by atoms with Gasteiger partial charge in [-0.1, -0.05) is 23.7 Å². The number of hydrogen-bond donors (Lipinski definition) is 1. The number of hydrogen-bond acceptors (Lipinski definition) is 4. The summed E-state index contributed by atoms with van der Waals surface area (Å²) in [5.41, 5.74) is 5.97. The second kappa shape index (κ2) is 6.11. The topological polar surface area (TPSA) is 69.4 Å². The van der Waals surface area contributed by atoms with Gasteiger partial charge in [0, 0.05) is 18.1 Å². The van der Waals surface area contributed by atoms with Crippen molar-refractivity contribution in [3.05, 3.63) is 64.9 Å². The molecule has 4 nitrogen and oxygen atoms in total. The Morgan fingerprint density at radius 3 is 2.29 bits per heavy atom. The molecule has 128 valence electrons. The smallest absolute Gasteiger partial charge is 0.183 e. The Kier molecular flexibility index (Phi) is 4.42. The predicted octanol–water partition coefficient (Wildman–Crippen LogP) is 2.76. The number of rotatable bonds is 5. The van der Waals surface area contributed by atoms with Crippen molar-refractivity contribution in [2.75, 3.05) is 13.7 Å². The molecule has 1 fully saturated rings. The highest BCUT2D eigenvalue weighted by Crippen LogP contribution is 2.55. The van der Waals surface area contributed by atoms with Crippen LogP contribution in [-0.4, -0.2) is 32.9 Å². The van der Waals surface area contributed by atoms with E-state index in [0.717, 1.165) is 0 Å². The molecule has 2 N–H and O–H groups in total. The van der Waals surface area contributed by atoms with Crippen LogP contribution >= 0.6 is 11.6 Å². The fraction of sp³-hybridized carbons (Fsp3) is 0.294. The lowest BCUT2D eigenvalue weighted by Crippen LogP contribution is -2.35. The molecule has 0 heterocycles. The minimum Gasteiger partial charge on any atom is -0.383 e. The van der Waals surface area contributed by atoms with E-state index in [0.29, 0.717) is 10.6 Å². The molecule has 0 saturated heterocycles. The van der Waals surface area contributed by atoms with Crippen molar-refractivity contribution in [2.24, 2.45) is 5.73 Å². The van der Waals surface area contributed by atoms with Crippen LogP contribution in [0.1, 0.15) is 11.5 Å². The number of methoxy groups -OCH3 is 1. The first-order valence-corrected chi connectivity index (χ1v) is 9.26. The van der Waals surface area contributed by atoms with E-state index in [1.54, 1.807) is 12.1 Å². The first-order valence-electron chi connectivity index (χ1n) is 7.33. The summed E-state index contributed by atoms with van der Waals surface area (Å²) in [4.78, 5) is 0.160. The molecule has 0 aliphatic heterocycles. The average molecular weight is 370 g/mol. The average Bonchev–Trinajstić information content (AvgIpc) is 3.15. The Balaban J connectivity index is 2.01. The fourth-order valence-electron chi connectivity index (χ4n) is 3.24. The van der Waals surface area contributed by atoms with Crippen LogP contribution in [0.15, 0.2) is 53.4 Å². The lowest BCUT2D eigenvalue weighted by molar-refractivity contribution is 0.171. The first-order chi connectivity index (χ1) is 11.3. The Morgan fingerprint density at radius 2 is 1.75 bits per heavy atom. The zero-order chi connectivity index (χ0) is 17.5. The molecule has 1 aliphatic rings. The molecule has 0 radical (unpaired) electrons. The highest BCUT2D eigenvalue weighted by atomic mass is 35.5. The molecular formula is C17H17ClFNO3S. The molecule has 3 rings (SSSR count). The van der Waals surface area contributed by atoms with Gasteiger partial charge in [-0.15, -0.1) is 0 Å². The quantitative estimate of drug-likeness (QED) is 0.879. The van der Waals surface area contributed by atoms with Crippen molar-refractivity contribution < 1.29 is 17.5 Å². The minimum atomic E-state index is -3.68. The van der Waals surface area contributed by atoms with Gasteiger partial charge in [-0.05, 0) is 42.0 Å². The van der Waals surface area contributed by atoms with Gasteiger partial charge in [0.05, 0.1) is 22.3 Å². The van der Waals surface area contributed by atoms with Gasteiger partial charge >= 0.3 is 0 Å². The zero-order valence-electron chi connectivity index (χ0n) is 12.9. The maximum Gasteiger partial charge on any atom is 0.183 e. The largest absolute Gasteiger partial charge is 0.383 e. The Morgan fingerprint density at radius 1 is 1.17 bits per heavy atom. The molecule has 0 unspecified atom stereocenters. The van der Waals surface area contributed by atoms with Gasteiger partial charge in [0.1, 0.15) is 5.82 Å². The van der Waals surface area contributed by atoms with Gasteiger partial charge in [0.25, 0.3) is 0 Å². The van der Waals surface area contributed by atoms with Crippen LogP contribution in [0.2, 0.25) is 5.02 Å². The summed E-state index contributed by atoms with van der Waals surface area (Å²) in [6.45, 7) is 0.0898. The van der Waals surface area contributed by atoms with Gasteiger partial charge < -0.3 is 10.5 Å². The Bertz CT molecular complexity index is 839. The molecular weight excluding hydrogens is 353 g/mol. The zero-order valence-corrected chi connectivity index (χ0v) is 14.5. The highest BCUT2D eigenvalue weighted by molar-refractivity contribution is 7.92. The van der Waals surface area contributed by atoms with Crippen molar-refractivity contribution in [3.63, 3.8) is 0 Å². The third-order valence-electron chi connectivity index (χ3n) is 4.40. The second-order valence-electron chi connectivity index (χ2n) is 5.99. The van der Waals surface area contributed by atoms with E-state index in [-0.39, 0.29) is 17.3 Å². The normalized spacial score (nSPS) is 26.3. The lowest BCUT2D eigenvalue weighted by atomic mass is 10.1. The lowest BCUT2D eigenvalue weighted by Gasteiger charge is -2.11. The van der Waals surface area contributed by atoms with Gasteiger partial charge in [0.2, 0.25) is 0 Å². The molecule has 1 saturated carbocycles. The predicted molar refractivity (Wildman–Crippen MR) is 90.4 cm³/mol. The standard InChI is InChI=1S/C17H17ClFNO3S/c1-23-10-17(20)15(11-2-6-13(19)7-3-11)16(17)24(21,22)14-8-4-12(18)5-9-14/h2-9,15-16H,10,20H2,1H3/t15-,16-,17+/m0/s1. The van der Waals surface area contributed by atoms with E-state index in [1.807, 2.05) is 0 Å². The van der Waals surface area contributed by atoms with E-state index < -0.39 is 26.5 Å². The summed E-state index contributed by atoms with van der Waals surface area (Å²) in [6, 6.07) is 11.7. The number of benzene rings is 2. The summed E-state index contributed by atoms with van der Waals surface area (Å²) in [5.74, 6) is -0.843. The molecule has 0 bridgehead atoms. The fourth-order valence-corrected chi connectivity index (χ4v) is 5.66. The number of nitrogens with two attached hydrogens (primary N) is 1. The van der Waals surface area contributed by atoms with Crippen LogP contribution in [0.5, 0.6) is 0 Å². The van der Waals surface area contributed by atoms with Gasteiger partial charge in [-0.3, -0.25) is 0 Å². The third-order valence-corrected chi connectivity index (χ3v) is 6.96. The van der Waals surface area contributed by atoms with E-state index >= 15 is 0 Å². The molecule has 7 heteroatoms. The molecule has 2 aromatic rings. The molecule has 24 heavy (non-hydrogen) atoms. The van der Waals surface area contributed by atoms with Gasteiger partial charge in [-0.25, -0.2) is 12.8 Å². The second-order valence-corrected chi connectivity index (χ2v) is 8.50. The van der Waals surface area contributed by atoms with Crippen molar-refractivity contribution in [3.8, 4) is 0 Å². The molecule has 0 amide bonds. The van der Waals surface area contributed by atoms with Gasteiger partial charge in [0.15, 0.2) is 9.84 Å². The van der Waals surface area contributed by atoms with Crippen LogP contribution in [0.3, 0.4) is 0 Å². The summed E-state index contributed by atoms with van der Waals surface area (Å²) in [6.07, 6.45) is 0. The number of ether oxygens (including phenoxy) is 1. The van der Waals surface area contributed by atoms with Crippen LogP contribution in [0.25, 0.3) is 0 Å². The monoisotopic (exact) mass is 369 g/mol. The molecule has 1 aliphatic carbocycles. The van der Waals surface area contributed by atoms with Crippen LogP contribution < -0.4 is 5.73 Å². The summed E-state index contributed by atoms with van der Waals surface area (Å²) in [5, 5.41) is -0.382. The van der Waals surface area contributed by atoms with E-state index in [9.17, 15) is 12.8 Å². The molecule has 0 spiro atoms. The minimum absolute atomic E-state index is 0.0898. The van der Waals surface area contributed by atoms with Crippen LogP contribution in [0, 0.1) is 5.82 Å². The summed E-state index contributed by atoms with van der Waals surface area (Å²) >= 11 is 5.83. The van der Waals surface area contributed by atoms with E-state index in [4.69, 9.17) is 22.1 Å². The van der Waals surface area contributed by atoms with Crippen LogP contribution in [0.4, 0.5) is 4.39 Å². The first kappa shape index (κ1) is 17.4. The summed E-state index contributed by atoms with van der Waals surface area (Å²) < 4.78 is 44.3. The van der Waals surface area contributed by atoms with Gasteiger partial charge in [-0.2, -0.15) is 0 Å². The Labute approximate surface area is 145 Å². The molecule has 3 atom stereocenters. The molecule has 0 aromatic heterocycles. The Hall–Kier alpha value is -1.47. The number of sulfone groups is 1. The van der Waals surface area contributed by atoms with E-state index in [2.05, 4.69) is 0 Å². The van der Waals surface area contributed by atoms with E-state index in [1.165, 1.54) is 43.5 Å². The maximum atomic E-state index is 13.2. The summed E-state index contributed by atoms with van der Waals surface area (Å²) in [7, 11) is -2.20. The van der Waals surface area contributed by atoms with Crippen molar-refractivity contribution in [2.45, 2.75) is 21.6 Å². The molecule has 2 aromatic carbocycles. The number of halogens is 2.